The first-order valence-electron chi connectivity index (χ1n) is 26.0. The van der Waals surface area contributed by atoms with Crippen LogP contribution >= 0.6 is 0 Å². The molecular formula is C66H86O4. The van der Waals surface area contributed by atoms with Crippen LogP contribution in [0.25, 0.3) is 33.4 Å². The van der Waals surface area contributed by atoms with E-state index < -0.39 is 0 Å². The van der Waals surface area contributed by atoms with Crippen LogP contribution in [0.3, 0.4) is 0 Å². The lowest BCUT2D eigenvalue weighted by molar-refractivity contribution is 0.120. The summed E-state index contributed by atoms with van der Waals surface area (Å²) in [6, 6.07) is 29.7. The summed E-state index contributed by atoms with van der Waals surface area (Å²) in [5.74, 6) is 3.33. The van der Waals surface area contributed by atoms with E-state index in [4.69, 9.17) is 18.9 Å². The van der Waals surface area contributed by atoms with Gasteiger partial charge in [0.25, 0.3) is 0 Å². The summed E-state index contributed by atoms with van der Waals surface area (Å²) in [7, 11) is 0. The zero-order valence-corrected chi connectivity index (χ0v) is 46.9. The highest BCUT2D eigenvalue weighted by Crippen LogP contribution is 2.51. The van der Waals surface area contributed by atoms with Gasteiger partial charge in [0.05, 0.1) is 13.2 Å². The molecule has 2 aliphatic rings. The van der Waals surface area contributed by atoms with Crippen molar-refractivity contribution in [2.45, 2.75) is 179 Å². The standard InChI is InChI=1S/C66H86O4/c1-41-28-51(43-32-47(63(9,10)11)36-48(33-43)64(12,13)14)59-55(30-41)53-38-45(61(3,4)5)22-24-57(53)67-26-21-27-68-58-25-23-46(62(6,7)8)39-54(58)56-31-42(2)29-52(60(56)70-40-69-59)44-34-49(65(15,16)17)37-50(35-44)66(18,19)20/h22-25,28-34,36-39,44H,21,26-27,35,40H2,1-20H3. The molecule has 1 aliphatic carbocycles. The summed E-state index contributed by atoms with van der Waals surface area (Å²) < 4.78 is 28.4. The Labute approximate surface area is 424 Å². The molecule has 0 aromatic heterocycles. The number of rotatable bonds is 2. The molecular weight excluding hydrogens is 857 g/mol. The van der Waals surface area contributed by atoms with Gasteiger partial charge in [0.1, 0.15) is 23.0 Å². The summed E-state index contributed by atoms with van der Waals surface area (Å²) in [5, 5.41) is 0. The van der Waals surface area contributed by atoms with Crippen LogP contribution in [0.4, 0.5) is 0 Å². The molecule has 0 spiro atoms. The van der Waals surface area contributed by atoms with E-state index in [1.807, 2.05) is 0 Å². The fourth-order valence-electron chi connectivity index (χ4n) is 9.66. The Balaban J connectivity index is 1.53. The lowest BCUT2D eigenvalue weighted by Gasteiger charge is -2.35. The first kappa shape index (κ1) is 52.6. The number of fused-ring (bicyclic) bond motifs is 6. The number of aryl methyl sites for hydroxylation is 2. The van der Waals surface area contributed by atoms with Crippen molar-refractivity contribution in [2.75, 3.05) is 20.0 Å². The monoisotopic (exact) mass is 943 g/mol. The summed E-state index contributed by atoms with van der Waals surface area (Å²) >= 11 is 0. The van der Waals surface area contributed by atoms with Crippen molar-refractivity contribution in [1.29, 1.82) is 0 Å². The van der Waals surface area contributed by atoms with Crippen molar-refractivity contribution < 1.29 is 18.9 Å². The van der Waals surface area contributed by atoms with Crippen LogP contribution < -0.4 is 18.9 Å². The molecule has 0 N–H and O–H groups in total. The van der Waals surface area contributed by atoms with Gasteiger partial charge in [-0.2, -0.15) is 0 Å². The van der Waals surface area contributed by atoms with Gasteiger partial charge in [-0.15, -0.1) is 0 Å². The van der Waals surface area contributed by atoms with E-state index in [9.17, 15) is 0 Å². The minimum atomic E-state index is -0.0987. The molecule has 1 heterocycles. The van der Waals surface area contributed by atoms with Gasteiger partial charge in [0.2, 0.25) is 6.79 Å². The molecule has 5 aromatic carbocycles. The van der Waals surface area contributed by atoms with E-state index in [0.29, 0.717) is 19.6 Å². The van der Waals surface area contributed by atoms with Gasteiger partial charge in [-0.25, -0.2) is 0 Å². The molecule has 4 nitrogen and oxygen atoms in total. The molecule has 0 fully saturated rings. The fourth-order valence-corrected chi connectivity index (χ4v) is 9.66. The average molecular weight is 943 g/mol. The van der Waals surface area contributed by atoms with Gasteiger partial charge in [-0.1, -0.05) is 179 Å². The quantitative estimate of drug-likeness (QED) is 0.177. The Morgan fingerprint density at radius 2 is 0.871 bits per heavy atom. The molecule has 0 saturated heterocycles. The van der Waals surface area contributed by atoms with Crippen molar-refractivity contribution in [3.05, 3.63) is 141 Å². The molecule has 7 rings (SSSR count). The van der Waals surface area contributed by atoms with Crippen molar-refractivity contribution in [1.82, 2.24) is 0 Å². The van der Waals surface area contributed by atoms with E-state index >= 15 is 0 Å². The van der Waals surface area contributed by atoms with Crippen LogP contribution in [0.1, 0.15) is 182 Å². The van der Waals surface area contributed by atoms with E-state index in [0.717, 1.165) is 73.9 Å². The van der Waals surface area contributed by atoms with E-state index in [-0.39, 0.29) is 45.2 Å². The first-order valence-corrected chi connectivity index (χ1v) is 26.0. The topological polar surface area (TPSA) is 36.9 Å². The number of hydrogen-bond acceptors (Lipinski definition) is 4. The summed E-state index contributed by atoms with van der Waals surface area (Å²) in [6.07, 6.45) is 6.57. The molecule has 4 heteroatoms. The van der Waals surface area contributed by atoms with Gasteiger partial charge < -0.3 is 18.9 Å². The van der Waals surface area contributed by atoms with Gasteiger partial charge >= 0.3 is 0 Å². The molecule has 1 atom stereocenters. The van der Waals surface area contributed by atoms with Gasteiger partial charge in [-0.3, -0.25) is 0 Å². The minimum Gasteiger partial charge on any atom is -0.493 e. The summed E-state index contributed by atoms with van der Waals surface area (Å²) in [4.78, 5) is 0. The Morgan fingerprint density at radius 3 is 1.34 bits per heavy atom. The molecule has 1 aliphatic heterocycles. The second-order valence-electron chi connectivity index (χ2n) is 26.7. The Hall–Kier alpha value is -5.22. The predicted octanol–water partition coefficient (Wildman–Crippen LogP) is 18.5. The average Bonchev–Trinajstić information content (AvgIpc) is 3.24. The third-order valence-electron chi connectivity index (χ3n) is 14.3. The van der Waals surface area contributed by atoms with Gasteiger partial charge in [0, 0.05) is 45.7 Å². The maximum absolute atomic E-state index is 7.39. The SMILES string of the molecule is Cc1cc(-c2cc(C(C)(C)C)cc(C(C)(C)C)c2)c2c(c1)-c1cc(C(C)(C)C)ccc1OCCCOc1ccc(C(C)(C)C)cc1-c1cc(C)cc(C3C=C(C(C)(C)C)C=C(C(C)(C)C)C3)c1OCO2. The second kappa shape index (κ2) is 19.1. The zero-order chi connectivity index (χ0) is 51.5. The highest BCUT2D eigenvalue weighted by atomic mass is 16.7. The lowest BCUT2D eigenvalue weighted by Crippen LogP contribution is -2.20. The Kier molecular flexibility index (Phi) is 14.3. The highest BCUT2D eigenvalue weighted by molar-refractivity contribution is 5.87. The van der Waals surface area contributed by atoms with Crippen molar-refractivity contribution in [3.63, 3.8) is 0 Å². The molecule has 0 saturated carbocycles. The third kappa shape index (κ3) is 11.8. The molecule has 374 valence electrons. The van der Waals surface area contributed by atoms with Gasteiger partial charge in [-0.05, 0) is 140 Å². The molecule has 0 bridgehead atoms. The number of hydrogen-bond donors (Lipinski definition) is 0. The van der Waals surface area contributed by atoms with Crippen LogP contribution in [-0.2, 0) is 21.7 Å². The molecule has 70 heavy (non-hydrogen) atoms. The van der Waals surface area contributed by atoms with Crippen LogP contribution in [0.5, 0.6) is 23.0 Å². The summed E-state index contributed by atoms with van der Waals surface area (Å²) in [5.41, 5.74) is 17.1. The van der Waals surface area contributed by atoms with Crippen LogP contribution in [-0.4, -0.2) is 20.0 Å². The molecule has 5 aromatic rings. The van der Waals surface area contributed by atoms with E-state index in [1.54, 1.807) is 0 Å². The predicted molar refractivity (Wildman–Crippen MR) is 298 cm³/mol. The maximum Gasteiger partial charge on any atom is 0.230 e. The highest BCUT2D eigenvalue weighted by Gasteiger charge is 2.33. The summed E-state index contributed by atoms with van der Waals surface area (Å²) in [6.45, 7) is 46.9. The van der Waals surface area contributed by atoms with Crippen LogP contribution in [0.15, 0.2) is 102 Å². The second-order valence-corrected chi connectivity index (χ2v) is 26.7. The normalized spacial score (nSPS) is 16.5. The van der Waals surface area contributed by atoms with Crippen LogP contribution in [0, 0.1) is 24.7 Å². The largest absolute Gasteiger partial charge is 0.493 e. The Bertz CT molecular complexity index is 2770. The first-order chi connectivity index (χ1) is 32.3. The number of allylic oxidation sites excluding steroid dienone is 4. The molecule has 0 radical (unpaired) electrons. The van der Waals surface area contributed by atoms with Crippen molar-refractivity contribution in [2.24, 2.45) is 10.8 Å². The molecule has 1 unspecified atom stereocenters. The fraction of sp³-hybridized carbons (Fsp3) is 0.485. The van der Waals surface area contributed by atoms with Crippen LogP contribution in [0.2, 0.25) is 0 Å². The van der Waals surface area contributed by atoms with Gasteiger partial charge in [0.15, 0.2) is 0 Å². The third-order valence-corrected chi connectivity index (χ3v) is 14.3. The Morgan fingerprint density at radius 1 is 0.414 bits per heavy atom. The zero-order valence-electron chi connectivity index (χ0n) is 46.9. The number of benzene rings is 5. The smallest absolute Gasteiger partial charge is 0.230 e. The van der Waals surface area contributed by atoms with Crippen molar-refractivity contribution >= 4 is 0 Å². The number of ether oxygens (including phenoxy) is 4. The van der Waals surface area contributed by atoms with E-state index in [1.165, 1.54) is 39.0 Å². The lowest BCUT2D eigenvalue weighted by atomic mass is 9.71. The molecule has 0 amide bonds. The maximum atomic E-state index is 7.39. The van der Waals surface area contributed by atoms with Crippen molar-refractivity contribution in [3.8, 4) is 56.4 Å². The van der Waals surface area contributed by atoms with E-state index in [2.05, 4.69) is 229 Å². The minimum absolute atomic E-state index is 0.00488.